The van der Waals surface area contributed by atoms with Crippen molar-refractivity contribution in [1.29, 1.82) is 0 Å². The van der Waals surface area contributed by atoms with Gasteiger partial charge in [0.2, 0.25) is 0 Å². The lowest BCUT2D eigenvalue weighted by Gasteiger charge is -2.11. The monoisotopic (exact) mass is 1340 g/mol. The Morgan fingerprint density at radius 1 is 0.265 bits per heavy atom. The van der Waals surface area contributed by atoms with Crippen molar-refractivity contribution in [1.82, 2.24) is 0 Å². The molecule has 0 heterocycles. The van der Waals surface area contributed by atoms with E-state index in [2.05, 4.69) is 13.8 Å². The van der Waals surface area contributed by atoms with Gasteiger partial charge in [-0.15, -0.1) is 0 Å². The topological polar surface area (TPSA) is 352 Å². The zero-order chi connectivity index (χ0) is 71.8. The van der Waals surface area contributed by atoms with Crippen LogP contribution in [0.2, 0.25) is 0 Å². The fourth-order valence-electron chi connectivity index (χ4n) is 10.7. The van der Waals surface area contributed by atoms with Crippen LogP contribution >= 0.6 is 0 Å². The number of phenols is 13. The molecule has 8 aromatic carbocycles. The lowest BCUT2D eigenvalue weighted by molar-refractivity contribution is -0.121. The van der Waals surface area contributed by atoms with Gasteiger partial charge in [0.25, 0.3) is 0 Å². The Bertz CT molecular complexity index is 3700. The minimum atomic E-state index is -0.781. The van der Waals surface area contributed by atoms with E-state index >= 15 is 0 Å². The first-order chi connectivity index (χ1) is 46.6. The van der Waals surface area contributed by atoms with Gasteiger partial charge in [-0.1, -0.05) is 87.5 Å². The Kier molecular flexibility index (Phi) is 32.3. The van der Waals surface area contributed by atoms with Crippen LogP contribution in [0.4, 0.5) is 0 Å². The highest BCUT2D eigenvalue weighted by Crippen LogP contribution is 2.31. The van der Waals surface area contributed by atoms with Gasteiger partial charge in [-0.3, -0.25) is 19.2 Å². The van der Waals surface area contributed by atoms with Crippen molar-refractivity contribution in [2.24, 2.45) is 17.8 Å². The Morgan fingerprint density at radius 3 is 0.786 bits per heavy atom. The number of aromatic hydroxyl groups is 13. The maximum Gasteiger partial charge on any atom is 0.157 e. The van der Waals surface area contributed by atoms with Crippen LogP contribution in [-0.2, 0) is 70.5 Å². The molecule has 8 rings (SSSR count). The van der Waals surface area contributed by atoms with Crippen LogP contribution in [0.25, 0.3) is 0 Å². The predicted octanol–water partition coefficient (Wildman–Crippen LogP) is 14.6. The van der Waals surface area contributed by atoms with Crippen LogP contribution in [0, 0.1) is 24.7 Å². The third-order valence-corrected chi connectivity index (χ3v) is 16.9. The first-order valence-electron chi connectivity index (χ1n) is 33.2. The Labute approximate surface area is 573 Å². The lowest BCUT2D eigenvalue weighted by Crippen LogP contribution is -2.14. The van der Waals surface area contributed by atoms with Crippen molar-refractivity contribution in [3.05, 3.63) is 208 Å². The molecule has 0 radical (unpaired) electrons. The number of aryl methyl sites for hydroxylation is 9. The molecule has 18 nitrogen and oxygen atoms in total. The number of phenolic OH excluding ortho intramolecular Hbond substituents is 13. The molecule has 14 N–H and O–H groups in total. The van der Waals surface area contributed by atoms with Crippen LogP contribution in [0.1, 0.15) is 148 Å². The van der Waals surface area contributed by atoms with Gasteiger partial charge >= 0.3 is 0 Å². The van der Waals surface area contributed by atoms with Gasteiger partial charge in [-0.2, -0.15) is 0 Å². The number of rotatable bonds is 32. The van der Waals surface area contributed by atoms with Crippen LogP contribution in [0.3, 0.4) is 0 Å². The molecule has 0 saturated heterocycles. The first-order valence-corrected chi connectivity index (χ1v) is 33.2. The third kappa shape index (κ3) is 29.8. The van der Waals surface area contributed by atoms with Gasteiger partial charge in [0.15, 0.2) is 57.5 Å². The second-order valence-corrected chi connectivity index (χ2v) is 25.7. The molecule has 0 saturated carbocycles. The molecular weight excluding hydrogens is 1250 g/mol. The second-order valence-electron chi connectivity index (χ2n) is 25.7. The summed E-state index contributed by atoms with van der Waals surface area (Å²) in [6.45, 7) is 8.08. The fraction of sp³-hybridized carbons (Fsp3) is 0.350. The number of carbonyl (C=O) groups excluding carboxylic acids is 4. The van der Waals surface area contributed by atoms with Gasteiger partial charge in [0, 0.05) is 51.4 Å². The smallest absolute Gasteiger partial charge is 0.157 e. The average Bonchev–Trinajstić information content (AvgIpc) is 0.995. The van der Waals surface area contributed by atoms with Gasteiger partial charge < -0.3 is 71.5 Å². The minimum Gasteiger partial charge on any atom is -0.508 e. The number of aliphatic hydroxyl groups is 1. The molecule has 0 unspecified atom stereocenters. The first kappa shape index (κ1) is 78.5. The van der Waals surface area contributed by atoms with E-state index in [1.54, 1.807) is 60.7 Å². The summed E-state index contributed by atoms with van der Waals surface area (Å²) < 4.78 is 0. The van der Waals surface area contributed by atoms with Gasteiger partial charge in [-0.25, -0.2) is 0 Å². The van der Waals surface area contributed by atoms with Crippen molar-refractivity contribution in [3.8, 4) is 74.7 Å². The SMILES string of the molecule is C[C@@H](CCc1ccc(O)c(O)c1)CC(=O)CCc1ccc(O)c(O)c1.C[C@@H](CCc1ccc(O)cc1)CC(=O)CCc1ccc(O)c(O)c1.Cc1ccc(CC[C@H](C)CC(=O)CCc2ccc(O)cc2)cc1O.O=C(CCc1ccc(O)c(O)c1)C[C@@H](O)CCc1ccc(O)c(O)c1. The van der Waals surface area contributed by atoms with Gasteiger partial charge in [0.05, 0.1) is 6.10 Å². The minimum absolute atomic E-state index is 0.0358. The van der Waals surface area contributed by atoms with E-state index in [1.807, 2.05) is 56.3 Å². The maximum atomic E-state index is 12.1. The van der Waals surface area contributed by atoms with Crippen LogP contribution < -0.4 is 0 Å². The lowest BCUT2D eigenvalue weighted by atomic mass is 9.94. The van der Waals surface area contributed by atoms with Crippen LogP contribution in [0.5, 0.6) is 74.7 Å². The van der Waals surface area contributed by atoms with Crippen molar-refractivity contribution < 1.29 is 90.7 Å². The normalized spacial score (nSPS) is 12.1. The number of aliphatic hydroxyl groups excluding tert-OH is 1. The molecule has 0 aliphatic heterocycles. The molecule has 0 bridgehead atoms. The van der Waals surface area contributed by atoms with Crippen molar-refractivity contribution in [3.63, 3.8) is 0 Å². The maximum absolute atomic E-state index is 12.1. The number of ketones is 4. The van der Waals surface area contributed by atoms with E-state index in [-0.39, 0.29) is 111 Å². The zero-order valence-corrected chi connectivity index (χ0v) is 56.4. The molecule has 18 heteroatoms. The Balaban J connectivity index is 0.000000236. The van der Waals surface area contributed by atoms with E-state index in [9.17, 15) is 90.7 Å². The summed E-state index contributed by atoms with van der Waals surface area (Å²) in [5, 5.41) is 132. The van der Waals surface area contributed by atoms with Gasteiger partial charge in [0.1, 0.15) is 40.4 Å². The van der Waals surface area contributed by atoms with Gasteiger partial charge in [-0.05, 0) is 243 Å². The quantitative estimate of drug-likeness (QED) is 0.0174. The number of Topliss-reactive ketones (excluding diaryl/α,β-unsaturated/α-hetero) is 4. The molecule has 98 heavy (non-hydrogen) atoms. The second kappa shape index (κ2) is 40.4. The third-order valence-electron chi connectivity index (χ3n) is 16.9. The molecule has 0 aromatic heterocycles. The highest BCUT2D eigenvalue weighted by Gasteiger charge is 2.17. The van der Waals surface area contributed by atoms with Crippen molar-refractivity contribution in [2.75, 3.05) is 0 Å². The molecule has 0 spiro atoms. The molecule has 0 fully saturated rings. The Morgan fingerprint density at radius 2 is 0.490 bits per heavy atom. The van der Waals surface area contributed by atoms with Crippen molar-refractivity contribution in [2.45, 2.75) is 162 Å². The molecule has 0 amide bonds. The van der Waals surface area contributed by atoms with Crippen molar-refractivity contribution >= 4 is 23.1 Å². The van der Waals surface area contributed by atoms with E-state index in [4.69, 9.17) is 0 Å². The molecule has 524 valence electrons. The summed E-state index contributed by atoms with van der Waals surface area (Å²) >= 11 is 0. The predicted molar refractivity (Wildman–Crippen MR) is 376 cm³/mol. The van der Waals surface area contributed by atoms with E-state index in [0.717, 1.165) is 95.0 Å². The van der Waals surface area contributed by atoms with Crippen LogP contribution in [0.15, 0.2) is 158 Å². The zero-order valence-electron chi connectivity index (χ0n) is 56.4. The number of hydrogen-bond donors (Lipinski definition) is 14. The highest BCUT2D eigenvalue weighted by molar-refractivity contribution is 5.80. The highest BCUT2D eigenvalue weighted by atomic mass is 16.3. The molecule has 8 aromatic rings. The number of hydrogen-bond acceptors (Lipinski definition) is 18. The molecule has 0 aliphatic carbocycles. The standard InChI is InChI=1S/C21H26O3.C20H24O5.C20H24O4.C19H22O6/c1-15(3-5-18-6-4-16(2)21(24)14-18)13-20(23)12-9-17-7-10-19(22)11-8-17;1-13(2-3-14-5-8-17(22)19(24)11-14)10-16(21)7-4-15-6-9-18(23)20(25)12-15;1-14(2-3-15-4-8-17(21)9-5-15)12-18(22)10-6-16-7-11-19(23)20(24)13-16;20-14(5-1-12-3-7-16(22)18(24)9-12)11-15(21)6-2-13-4-8-17(23)19(25)10-13/h4,6-8,10-11,14-15,22,24H,3,5,9,12-13H2,1-2H3;5-6,8-9,11-13,22-25H,2-4,7,10H2,1H3;4-5,7-9,11,13-14,21,23-24H,2-3,6,10,12H2,1H3;3-4,7-10,14,20,22-25H,1-2,5-6,11H2/t15-;13-;2*14-/m0000/s1. The fourth-order valence-corrected chi connectivity index (χ4v) is 10.7. The number of benzene rings is 8. The summed E-state index contributed by atoms with van der Waals surface area (Å²) in [4.78, 5) is 48.3. The van der Waals surface area contributed by atoms with E-state index < -0.39 is 6.10 Å². The average molecular weight is 1350 g/mol. The summed E-state index contributed by atoms with van der Waals surface area (Å²) in [5.41, 5.74) is 8.31. The molecular formula is C80H96O18. The Hall–Kier alpha value is -10.2. The number of carbonyl (C=O) groups is 4. The van der Waals surface area contributed by atoms with E-state index in [1.165, 1.54) is 54.6 Å². The summed E-state index contributed by atoms with van der Waals surface area (Å²) in [6.07, 6.45) is 10.8. The summed E-state index contributed by atoms with van der Waals surface area (Å²) in [5.74, 6) is 0.559. The molecule has 4 atom stereocenters. The van der Waals surface area contributed by atoms with Crippen LogP contribution in [-0.4, -0.2) is 101 Å². The largest absolute Gasteiger partial charge is 0.508 e. The summed E-state index contributed by atoms with van der Waals surface area (Å²) in [6, 6.07) is 42.9. The van der Waals surface area contributed by atoms with E-state index in [0.29, 0.717) is 88.2 Å². The molecule has 0 aliphatic rings. The summed E-state index contributed by atoms with van der Waals surface area (Å²) in [7, 11) is 0.